The van der Waals surface area contributed by atoms with Crippen LogP contribution in [-0.4, -0.2) is 39.4 Å². The van der Waals surface area contributed by atoms with E-state index in [2.05, 4.69) is 28.8 Å². The normalized spacial score (nSPS) is 11.2. The van der Waals surface area contributed by atoms with Crippen molar-refractivity contribution >= 4 is 17.1 Å². The molecular weight excluding hydrogens is 228 g/mol. The fraction of sp³-hybridized carbons (Fsp3) is 0.462. The summed E-state index contributed by atoms with van der Waals surface area (Å²) in [6, 6.07) is 0. The van der Waals surface area contributed by atoms with Crippen molar-refractivity contribution in [1.82, 2.24) is 19.9 Å². The SMILES string of the molecule is CCN(C)C(=O)c1c[nH]c2ncc(C(C)C)nc12. The third kappa shape index (κ3) is 2.08. The zero-order valence-corrected chi connectivity index (χ0v) is 11.2. The molecule has 0 aliphatic carbocycles. The fourth-order valence-electron chi connectivity index (χ4n) is 1.70. The highest BCUT2D eigenvalue weighted by Crippen LogP contribution is 2.19. The Morgan fingerprint density at radius 1 is 1.50 bits per heavy atom. The average Bonchev–Trinajstić information content (AvgIpc) is 2.79. The molecule has 0 aliphatic heterocycles. The van der Waals surface area contributed by atoms with Gasteiger partial charge in [-0.3, -0.25) is 4.79 Å². The first-order chi connectivity index (χ1) is 8.54. The van der Waals surface area contributed by atoms with Gasteiger partial charge in [0.25, 0.3) is 5.91 Å². The van der Waals surface area contributed by atoms with Crippen LogP contribution in [0.2, 0.25) is 0 Å². The Balaban J connectivity index is 2.52. The molecule has 0 radical (unpaired) electrons. The number of amides is 1. The average molecular weight is 246 g/mol. The van der Waals surface area contributed by atoms with Crippen LogP contribution in [0.5, 0.6) is 0 Å². The van der Waals surface area contributed by atoms with Crippen molar-refractivity contribution in [1.29, 1.82) is 0 Å². The summed E-state index contributed by atoms with van der Waals surface area (Å²) in [6.07, 6.45) is 3.44. The third-order valence-corrected chi connectivity index (χ3v) is 3.04. The van der Waals surface area contributed by atoms with Gasteiger partial charge in [0.15, 0.2) is 5.65 Å². The maximum absolute atomic E-state index is 12.2. The number of carbonyl (C=O) groups is 1. The Bertz CT molecular complexity index is 573. The van der Waals surface area contributed by atoms with Crippen LogP contribution in [0.15, 0.2) is 12.4 Å². The molecule has 0 aliphatic rings. The van der Waals surface area contributed by atoms with E-state index >= 15 is 0 Å². The maximum Gasteiger partial charge on any atom is 0.257 e. The van der Waals surface area contributed by atoms with E-state index in [0.717, 1.165) is 5.69 Å². The zero-order chi connectivity index (χ0) is 13.3. The first-order valence-corrected chi connectivity index (χ1v) is 6.14. The molecule has 18 heavy (non-hydrogen) atoms. The lowest BCUT2D eigenvalue weighted by Crippen LogP contribution is -2.26. The second-order valence-electron chi connectivity index (χ2n) is 4.67. The molecule has 0 spiro atoms. The molecule has 2 aromatic heterocycles. The minimum absolute atomic E-state index is 0.0287. The molecule has 0 saturated heterocycles. The van der Waals surface area contributed by atoms with Gasteiger partial charge in [0.05, 0.1) is 17.5 Å². The zero-order valence-electron chi connectivity index (χ0n) is 11.2. The van der Waals surface area contributed by atoms with E-state index in [1.807, 2.05) is 6.92 Å². The smallest absolute Gasteiger partial charge is 0.257 e. The predicted octanol–water partition coefficient (Wildman–Crippen LogP) is 2.17. The van der Waals surface area contributed by atoms with Crippen LogP contribution in [-0.2, 0) is 0 Å². The second kappa shape index (κ2) is 4.76. The van der Waals surface area contributed by atoms with E-state index in [4.69, 9.17) is 0 Å². The van der Waals surface area contributed by atoms with Gasteiger partial charge < -0.3 is 9.88 Å². The van der Waals surface area contributed by atoms with E-state index in [-0.39, 0.29) is 5.91 Å². The number of aromatic nitrogens is 3. The first-order valence-electron chi connectivity index (χ1n) is 6.14. The molecule has 1 amide bonds. The van der Waals surface area contributed by atoms with Gasteiger partial charge in [-0.15, -0.1) is 0 Å². The van der Waals surface area contributed by atoms with E-state index in [9.17, 15) is 4.79 Å². The van der Waals surface area contributed by atoms with Gasteiger partial charge in [-0.1, -0.05) is 13.8 Å². The van der Waals surface area contributed by atoms with Crippen LogP contribution in [0.3, 0.4) is 0 Å². The maximum atomic E-state index is 12.2. The summed E-state index contributed by atoms with van der Waals surface area (Å²) in [4.78, 5) is 25.7. The van der Waals surface area contributed by atoms with Gasteiger partial charge in [0, 0.05) is 19.8 Å². The number of hydrogen-bond donors (Lipinski definition) is 1. The standard InChI is InChI=1S/C13H18N4O/c1-5-17(4)13(18)9-6-14-12-11(9)16-10(7-15-12)8(2)3/h6-8H,5H2,1-4H3,(H,14,15). The summed E-state index contributed by atoms with van der Waals surface area (Å²) >= 11 is 0. The van der Waals surface area contributed by atoms with E-state index < -0.39 is 0 Å². The van der Waals surface area contributed by atoms with Crippen LogP contribution in [0, 0.1) is 0 Å². The monoisotopic (exact) mass is 246 g/mol. The summed E-state index contributed by atoms with van der Waals surface area (Å²) in [6.45, 7) is 6.73. The minimum Gasteiger partial charge on any atom is -0.344 e. The molecule has 0 bridgehead atoms. The van der Waals surface area contributed by atoms with Crippen molar-refractivity contribution in [3.8, 4) is 0 Å². The molecular formula is C13H18N4O. The van der Waals surface area contributed by atoms with Gasteiger partial charge in [0.1, 0.15) is 5.52 Å². The van der Waals surface area contributed by atoms with E-state index in [1.54, 1.807) is 24.3 Å². The molecule has 0 unspecified atom stereocenters. The molecule has 2 aromatic rings. The van der Waals surface area contributed by atoms with E-state index in [0.29, 0.717) is 29.2 Å². The minimum atomic E-state index is -0.0287. The van der Waals surface area contributed by atoms with Gasteiger partial charge in [0.2, 0.25) is 0 Å². The molecule has 1 N–H and O–H groups in total. The number of fused-ring (bicyclic) bond motifs is 1. The summed E-state index contributed by atoms with van der Waals surface area (Å²) in [5, 5.41) is 0. The summed E-state index contributed by atoms with van der Waals surface area (Å²) in [5.74, 6) is 0.266. The third-order valence-electron chi connectivity index (χ3n) is 3.04. The van der Waals surface area contributed by atoms with Crippen molar-refractivity contribution in [2.24, 2.45) is 0 Å². The molecule has 2 heterocycles. The number of nitrogens with one attached hydrogen (secondary N) is 1. The number of hydrogen-bond acceptors (Lipinski definition) is 3. The van der Waals surface area contributed by atoms with Crippen LogP contribution in [0.25, 0.3) is 11.2 Å². The Morgan fingerprint density at radius 2 is 2.22 bits per heavy atom. The Morgan fingerprint density at radius 3 is 2.83 bits per heavy atom. The number of H-pyrrole nitrogens is 1. The second-order valence-corrected chi connectivity index (χ2v) is 4.67. The lowest BCUT2D eigenvalue weighted by molar-refractivity contribution is 0.0804. The quantitative estimate of drug-likeness (QED) is 0.902. The highest BCUT2D eigenvalue weighted by molar-refractivity contribution is 6.04. The topological polar surface area (TPSA) is 61.9 Å². The molecule has 0 aromatic carbocycles. The molecule has 96 valence electrons. The van der Waals surface area contributed by atoms with Crippen molar-refractivity contribution in [2.75, 3.05) is 13.6 Å². The van der Waals surface area contributed by atoms with E-state index in [1.165, 1.54) is 0 Å². The molecule has 2 rings (SSSR count). The van der Waals surface area contributed by atoms with Crippen LogP contribution in [0.1, 0.15) is 42.7 Å². The van der Waals surface area contributed by atoms with Crippen LogP contribution < -0.4 is 0 Å². The highest BCUT2D eigenvalue weighted by atomic mass is 16.2. The van der Waals surface area contributed by atoms with Crippen LogP contribution in [0.4, 0.5) is 0 Å². The van der Waals surface area contributed by atoms with Gasteiger partial charge in [-0.05, 0) is 12.8 Å². The number of carbonyl (C=O) groups excluding carboxylic acids is 1. The number of nitrogens with zero attached hydrogens (tertiary/aromatic N) is 3. The summed E-state index contributed by atoms with van der Waals surface area (Å²) < 4.78 is 0. The Hall–Kier alpha value is -1.91. The Kier molecular flexibility index (Phi) is 3.32. The predicted molar refractivity (Wildman–Crippen MR) is 70.6 cm³/mol. The summed E-state index contributed by atoms with van der Waals surface area (Å²) in [7, 11) is 1.78. The number of rotatable bonds is 3. The van der Waals surface area contributed by atoms with Crippen molar-refractivity contribution < 1.29 is 4.79 Å². The van der Waals surface area contributed by atoms with Crippen molar-refractivity contribution in [3.05, 3.63) is 23.7 Å². The Labute approximate surface area is 106 Å². The molecule has 5 heteroatoms. The molecule has 5 nitrogen and oxygen atoms in total. The van der Waals surface area contributed by atoms with Gasteiger partial charge >= 0.3 is 0 Å². The lowest BCUT2D eigenvalue weighted by Gasteiger charge is -2.13. The summed E-state index contributed by atoms with van der Waals surface area (Å²) in [5.41, 5.74) is 2.80. The fourth-order valence-corrected chi connectivity index (χ4v) is 1.70. The molecule has 0 atom stereocenters. The first kappa shape index (κ1) is 12.5. The van der Waals surface area contributed by atoms with Gasteiger partial charge in [-0.25, -0.2) is 9.97 Å². The number of aromatic amines is 1. The lowest BCUT2D eigenvalue weighted by atomic mass is 10.1. The molecule has 0 saturated carbocycles. The molecule has 0 fully saturated rings. The highest BCUT2D eigenvalue weighted by Gasteiger charge is 2.17. The van der Waals surface area contributed by atoms with Crippen LogP contribution >= 0.6 is 0 Å². The largest absolute Gasteiger partial charge is 0.344 e. The van der Waals surface area contributed by atoms with Crippen molar-refractivity contribution in [2.45, 2.75) is 26.7 Å². The van der Waals surface area contributed by atoms with Gasteiger partial charge in [-0.2, -0.15) is 0 Å². The van der Waals surface area contributed by atoms with Crippen molar-refractivity contribution in [3.63, 3.8) is 0 Å².